The van der Waals surface area contributed by atoms with Crippen molar-refractivity contribution in [1.29, 1.82) is 0 Å². The SMILES string of the molecule is C.C.CN[C@H](CCCCNC(=O)/C=C/C(C)=O)C(=O)O. The van der Waals surface area contributed by atoms with Gasteiger partial charge in [0.1, 0.15) is 6.04 Å². The zero-order valence-corrected chi connectivity index (χ0v) is 10.7. The molecule has 0 spiro atoms. The molecular weight excluding hydrogens is 260 g/mol. The summed E-state index contributed by atoms with van der Waals surface area (Å²) < 4.78 is 0. The first-order valence-electron chi connectivity index (χ1n) is 5.84. The molecule has 1 amide bonds. The standard InChI is InChI=1S/C12H20N2O4.2CH4/c1-9(15)6-7-11(16)14-8-4-3-5-10(13-2)12(17)18;;/h6-7,10,13H,3-5,8H2,1-2H3,(H,14,16)(H,17,18);2*1H4/b7-6+;;/t10-;;/m1../s1. The molecule has 0 saturated carbocycles. The summed E-state index contributed by atoms with van der Waals surface area (Å²) in [7, 11) is 1.60. The van der Waals surface area contributed by atoms with Crippen molar-refractivity contribution in [1.82, 2.24) is 10.6 Å². The number of allylic oxidation sites excluding steroid dienone is 1. The summed E-state index contributed by atoms with van der Waals surface area (Å²) >= 11 is 0. The minimum Gasteiger partial charge on any atom is -0.480 e. The number of carbonyl (C=O) groups excluding carboxylic acids is 2. The summed E-state index contributed by atoms with van der Waals surface area (Å²) in [5, 5.41) is 14.1. The minimum absolute atomic E-state index is 0. The van der Waals surface area contributed by atoms with Crippen LogP contribution in [0, 0.1) is 0 Å². The molecule has 0 aliphatic heterocycles. The third kappa shape index (κ3) is 12.8. The Bertz CT molecular complexity index is 327. The van der Waals surface area contributed by atoms with Crippen LogP contribution in [0.5, 0.6) is 0 Å². The van der Waals surface area contributed by atoms with Gasteiger partial charge in [-0.25, -0.2) is 0 Å². The van der Waals surface area contributed by atoms with Crippen LogP contribution in [-0.2, 0) is 14.4 Å². The Labute approximate surface area is 121 Å². The van der Waals surface area contributed by atoms with Gasteiger partial charge in [-0.2, -0.15) is 0 Å². The number of carboxylic acids is 1. The quantitative estimate of drug-likeness (QED) is 0.440. The molecule has 0 radical (unpaired) electrons. The summed E-state index contributed by atoms with van der Waals surface area (Å²) in [6, 6.07) is -0.543. The van der Waals surface area contributed by atoms with E-state index in [1.807, 2.05) is 0 Å². The van der Waals surface area contributed by atoms with Crippen LogP contribution in [0.2, 0.25) is 0 Å². The number of unbranched alkanes of at least 4 members (excludes halogenated alkanes) is 1. The summed E-state index contributed by atoms with van der Waals surface area (Å²) in [6.07, 6.45) is 4.32. The zero-order chi connectivity index (χ0) is 14.0. The van der Waals surface area contributed by atoms with E-state index in [0.29, 0.717) is 25.8 Å². The van der Waals surface area contributed by atoms with Gasteiger partial charge in [0, 0.05) is 12.6 Å². The number of likely N-dealkylation sites (N-methyl/N-ethyl adjacent to an activating group) is 1. The minimum atomic E-state index is -0.870. The Morgan fingerprint density at radius 3 is 2.20 bits per heavy atom. The fourth-order valence-corrected chi connectivity index (χ4v) is 1.33. The Morgan fingerprint density at radius 2 is 1.75 bits per heavy atom. The molecule has 1 atom stereocenters. The molecule has 6 nitrogen and oxygen atoms in total. The predicted molar refractivity (Wildman–Crippen MR) is 80.6 cm³/mol. The molecule has 0 rings (SSSR count). The average molecular weight is 288 g/mol. The van der Waals surface area contributed by atoms with Crippen LogP contribution < -0.4 is 10.6 Å². The molecule has 20 heavy (non-hydrogen) atoms. The predicted octanol–water partition coefficient (Wildman–Crippen LogP) is 1.36. The maximum Gasteiger partial charge on any atom is 0.320 e. The second-order valence-corrected chi connectivity index (χ2v) is 3.91. The van der Waals surface area contributed by atoms with Gasteiger partial charge in [-0.15, -0.1) is 0 Å². The van der Waals surface area contributed by atoms with E-state index in [1.165, 1.54) is 19.1 Å². The molecule has 3 N–H and O–H groups in total. The molecule has 0 heterocycles. The Balaban J connectivity index is -0.00000144. The summed E-state index contributed by atoms with van der Waals surface area (Å²) in [5.74, 6) is -1.36. The highest BCUT2D eigenvalue weighted by molar-refractivity contribution is 5.96. The highest BCUT2D eigenvalue weighted by Gasteiger charge is 2.13. The number of rotatable bonds is 9. The first kappa shape index (κ1) is 23.4. The Hall–Kier alpha value is -1.69. The zero-order valence-electron chi connectivity index (χ0n) is 10.7. The molecule has 0 aliphatic rings. The second-order valence-electron chi connectivity index (χ2n) is 3.91. The lowest BCUT2D eigenvalue weighted by Gasteiger charge is -2.10. The smallest absolute Gasteiger partial charge is 0.320 e. The van der Waals surface area contributed by atoms with E-state index < -0.39 is 12.0 Å². The highest BCUT2D eigenvalue weighted by atomic mass is 16.4. The molecule has 0 aliphatic carbocycles. The molecule has 6 heteroatoms. The molecule has 0 bridgehead atoms. The molecule has 0 aromatic carbocycles. The molecule has 0 aromatic rings. The van der Waals surface area contributed by atoms with Gasteiger partial charge < -0.3 is 15.7 Å². The van der Waals surface area contributed by atoms with Crippen molar-refractivity contribution in [2.45, 2.75) is 47.1 Å². The van der Waals surface area contributed by atoms with Crippen LogP contribution in [0.25, 0.3) is 0 Å². The van der Waals surface area contributed by atoms with Crippen LogP contribution in [-0.4, -0.2) is 42.4 Å². The first-order valence-corrected chi connectivity index (χ1v) is 5.84. The normalized spacial score (nSPS) is 11.1. The largest absolute Gasteiger partial charge is 0.480 e. The van der Waals surface area contributed by atoms with Crippen LogP contribution in [0.3, 0.4) is 0 Å². The van der Waals surface area contributed by atoms with E-state index in [9.17, 15) is 14.4 Å². The number of carbonyl (C=O) groups is 3. The Kier molecular flexibility index (Phi) is 16.1. The van der Waals surface area contributed by atoms with Gasteiger partial charge in [-0.3, -0.25) is 14.4 Å². The van der Waals surface area contributed by atoms with E-state index in [4.69, 9.17) is 5.11 Å². The van der Waals surface area contributed by atoms with Gasteiger partial charge in [-0.1, -0.05) is 14.9 Å². The lowest BCUT2D eigenvalue weighted by Crippen LogP contribution is -2.33. The summed E-state index contributed by atoms with van der Waals surface area (Å²) in [5.41, 5.74) is 0. The van der Waals surface area contributed by atoms with Crippen LogP contribution in [0.1, 0.15) is 41.0 Å². The molecule has 0 saturated heterocycles. The maximum absolute atomic E-state index is 11.2. The number of amides is 1. The maximum atomic E-state index is 11.2. The average Bonchev–Trinajstić information content (AvgIpc) is 2.30. The first-order chi connectivity index (χ1) is 8.47. The van der Waals surface area contributed by atoms with E-state index in [1.54, 1.807) is 7.05 Å². The fourth-order valence-electron chi connectivity index (χ4n) is 1.33. The van der Waals surface area contributed by atoms with Gasteiger partial charge in [0.05, 0.1) is 0 Å². The van der Waals surface area contributed by atoms with Crippen molar-refractivity contribution in [2.75, 3.05) is 13.6 Å². The Morgan fingerprint density at radius 1 is 1.15 bits per heavy atom. The molecule has 0 aromatic heterocycles. The van der Waals surface area contributed by atoms with Crippen LogP contribution in [0.4, 0.5) is 0 Å². The summed E-state index contributed by atoms with van der Waals surface area (Å²) in [6.45, 7) is 1.84. The highest BCUT2D eigenvalue weighted by Crippen LogP contribution is 2.00. The van der Waals surface area contributed by atoms with E-state index in [-0.39, 0.29) is 26.5 Å². The van der Waals surface area contributed by atoms with Crippen molar-refractivity contribution >= 4 is 17.7 Å². The van der Waals surface area contributed by atoms with Gasteiger partial charge in [0.15, 0.2) is 5.78 Å². The summed E-state index contributed by atoms with van der Waals surface area (Å²) in [4.78, 5) is 32.4. The number of carboxylic acid groups (broad SMARTS) is 1. The number of nitrogens with one attached hydrogen (secondary N) is 2. The second kappa shape index (κ2) is 13.7. The monoisotopic (exact) mass is 288 g/mol. The van der Waals surface area contributed by atoms with Crippen molar-refractivity contribution in [3.05, 3.63) is 12.2 Å². The van der Waals surface area contributed by atoms with Crippen LogP contribution >= 0.6 is 0 Å². The van der Waals surface area contributed by atoms with Crippen LogP contribution in [0.15, 0.2) is 12.2 Å². The van der Waals surface area contributed by atoms with Crippen molar-refractivity contribution < 1.29 is 19.5 Å². The molecule has 0 fully saturated rings. The van der Waals surface area contributed by atoms with Gasteiger partial charge in [-0.05, 0) is 39.3 Å². The van der Waals surface area contributed by atoms with Crippen molar-refractivity contribution in [2.24, 2.45) is 0 Å². The molecular formula is C14H28N2O4. The number of hydrogen-bond donors (Lipinski definition) is 3. The van der Waals surface area contributed by atoms with Crippen molar-refractivity contribution in [3.63, 3.8) is 0 Å². The topological polar surface area (TPSA) is 95.5 Å². The third-order valence-electron chi connectivity index (χ3n) is 2.33. The third-order valence-corrected chi connectivity index (χ3v) is 2.33. The van der Waals surface area contributed by atoms with Crippen molar-refractivity contribution in [3.8, 4) is 0 Å². The number of aliphatic carboxylic acids is 1. The van der Waals surface area contributed by atoms with Gasteiger partial charge in [0.2, 0.25) is 5.91 Å². The van der Waals surface area contributed by atoms with E-state index >= 15 is 0 Å². The van der Waals surface area contributed by atoms with Gasteiger partial charge >= 0.3 is 5.97 Å². The molecule has 118 valence electrons. The number of ketones is 1. The van der Waals surface area contributed by atoms with E-state index in [2.05, 4.69) is 10.6 Å². The fraction of sp³-hybridized carbons (Fsp3) is 0.643. The van der Waals surface area contributed by atoms with Gasteiger partial charge in [0.25, 0.3) is 0 Å². The lowest BCUT2D eigenvalue weighted by atomic mass is 10.1. The lowest BCUT2D eigenvalue weighted by molar-refractivity contribution is -0.139. The van der Waals surface area contributed by atoms with E-state index in [0.717, 1.165) is 0 Å². The number of hydrogen-bond acceptors (Lipinski definition) is 4. The molecule has 0 unspecified atom stereocenters.